The number of ether oxygens (including phenoxy) is 1. The molecule has 0 saturated heterocycles. The molecule has 0 atom stereocenters. The molecule has 15 heavy (non-hydrogen) atoms. The summed E-state index contributed by atoms with van der Waals surface area (Å²) in [4.78, 5) is 8.58. The molecule has 0 aliphatic carbocycles. The van der Waals surface area contributed by atoms with E-state index in [0.29, 0.717) is 11.0 Å². The van der Waals surface area contributed by atoms with Crippen molar-refractivity contribution < 1.29 is 4.74 Å². The molecule has 5 heteroatoms. The van der Waals surface area contributed by atoms with Crippen molar-refractivity contribution >= 4 is 34.2 Å². The van der Waals surface area contributed by atoms with Crippen LogP contribution in [0.25, 0.3) is 0 Å². The standard InChI is InChI=1S/C10H14ClIN2O/c1-4-10(5-2,15-3)9-13-6-7(12)8(11)14-9/h6H,4-5H2,1-3H3. The van der Waals surface area contributed by atoms with Gasteiger partial charge in [-0.05, 0) is 35.4 Å². The maximum atomic E-state index is 5.98. The Kier molecular flexibility index (Phi) is 4.73. The fraction of sp³-hybridized carbons (Fsp3) is 0.600. The van der Waals surface area contributed by atoms with Crippen LogP contribution in [-0.2, 0) is 10.3 Å². The second-order valence-electron chi connectivity index (χ2n) is 3.24. The average molecular weight is 341 g/mol. The average Bonchev–Trinajstić information content (AvgIpc) is 2.26. The number of hydrogen-bond acceptors (Lipinski definition) is 3. The summed E-state index contributed by atoms with van der Waals surface area (Å²) >= 11 is 8.08. The van der Waals surface area contributed by atoms with Gasteiger partial charge in [-0.15, -0.1) is 0 Å². The number of methoxy groups -OCH3 is 1. The van der Waals surface area contributed by atoms with Crippen LogP contribution in [0.3, 0.4) is 0 Å². The van der Waals surface area contributed by atoms with E-state index in [1.54, 1.807) is 13.3 Å². The number of halogens is 2. The fourth-order valence-electron chi connectivity index (χ4n) is 1.51. The van der Waals surface area contributed by atoms with Crippen molar-refractivity contribution in [1.29, 1.82) is 0 Å². The van der Waals surface area contributed by atoms with E-state index in [2.05, 4.69) is 46.4 Å². The summed E-state index contributed by atoms with van der Waals surface area (Å²) in [6.07, 6.45) is 3.39. The Morgan fingerprint density at radius 1 is 1.47 bits per heavy atom. The van der Waals surface area contributed by atoms with Gasteiger partial charge in [-0.3, -0.25) is 0 Å². The van der Waals surface area contributed by atoms with Crippen LogP contribution in [0.15, 0.2) is 6.20 Å². The summed E-state index contributed by atoms with van der Waals surface area (Å²) in [7, 11) is 1.68. The van der Waals surface area contributed by atoms with Crippen LogP contribution in [0.4, 0.5) is 0 Å². The number of rotatable bonds is 4. The zero-order valence-corrected chi connectivity index (χ0v) is 12.0. The molecule has 0 spiro atoms. The van der Waals surface area contributed by atoms with Crippen LogP contribution in [0.5, 0.6) is 0 Å². The van der Waals surface area contributed by atoms with E-state index in [1.807, 2.05) is 0 Å². The zero-order chi connectivity index (χ0) is 11.5. The van der Waals surface area contributed by atoms with E-state index in [0.717, 1.165) is 16.4 Å². The molecule has 84 valence electrons. The second kappa shape index (κ2) is 5.41. The largest absolute Gasteiger partial charge is 0.370 e. The monoisotopic (exact) mass is 340 g/mol. The summed E-state index contributed by atoms with van der Waals surface area (Å²) in [5, 5.41) is 0.490. The summed E-state index contributed by atoms with van der Waals surface area (Å²) < 4.78 is 6.39. The maximum Gasteiger partial charge on any atom is 0.161 e. The third-order valence-corrected chi connectivity index (χ3v) is 4.04. The molecule has 0 N–H and O–H groups in total. The molecule has 0 amide bonds. The van der Waals surface area contributed by atoms with E-state index in [-0.39, 0.29) is 0 Å². The molecule has 0 radical (unpaired) electrons. The molecular formula is C10H14ClIN2O. The Hall–Kier alpha value is 0.0600. The lowest BCUT2D eigenvalue weighted by Gasteiger charge is -2.28. The van der Waals surface area contributed by atoms with Gasteiger partial charge in [0.2, 0.25) is 0 Å². The molecule has 3 nitrogen and oxygen atoms in total. The lowest BCUT2D eigenvalue weighted by molar-refractivity contribution is -0.0291. The van der Waals surface area contributed by atoms with Gasteiger partial charge in [0.1, 0.15) is 10.8 Å². The Balaban J connectivity index is 3.17. The third kappa shape index (κ3) is 2.60. The highest BCUT2D eigenvalue weighted by Crippen LogP contribution is 2.30. The molecule has 0 aliphatic heterocycles. The first-order chi connectivity index (χ1) is 7.09. The van der Waals surface area contributed by atoms with Gasteiger partial charge in [0.25, 0.3) is 0 Å². The number of aromatic nitrogens is 2. The molecule has 0 saturated carbocycles. The van der Waals surface area contributed by atoms with Gasteiger partial charge in [0.05, 0.1) is 3.57 Å². The highest BCUT2D eigenvalue weighted by Gasteiger charge is 2.31. The van der Waals surface area contributed by atoms with E-state index < -0.39 is 5.60 Å². The predicted octanol–water partition coefficient (Wildman–Crippen LogP) is 3.40. The quantitative estimate of drug-likeness (QED) is 0.622. The Bertz CT molecular complexity index is 334. The molecule has 1 heterocycles. The van der Waals surface area contributed by atoms with Crippen LogP contribution >= 0.6 is 34.2 Å². The number of hydrogen-bond donors (Lipinski definition) is 0. The van der Waals surface area contributed by atoms with Gasteiger partial charge in [-0.1, -0.05) is 25.4 Å². The molecule has 1 aromatic heterocycles. The smallest absolute Gasteiger partial charge is 0.161 e. The predicted molar refractivity (Wildman–Crippen MR) is 69.0 cm³/mol. The van der Waals surface area contributed by atoms with Crippen molar-refractivity contribution in [2.45, 2.75) is 32.3 Å². The van der Waals surface area contributed by atoms with Crippen molar-refractivity contribution in [1.82, 2.24) is 9.97 Å². The third-order valence-electron chi connectivity index (χ3n) is 2.64. The van der Waals surface area contributed by atoms with Gasteiger partial charge in [0.15, 0.2) is 5.82 Å². The Morgan fingerprint density at radius 2 is 2.07 bits per heavy atom. The minimum absolute atomic E-state index is 0.409. The number of nitrogens with zero attached hydrogens (tertiary/aromatic N) is 2. The first-order valence-corrected chi connectivity index (χ1v) is 6.29. The molecule has 0 bridgehead atoms. The van der Waals surface area contributed by atoms with Gasteiger partial charge in [-0.25, -0.2) is 9.97 Å². The van der Waals surface area contributed by atoms with Gasteiger partial charge in [0, 0.05) is 13.3 Å². The van der Waals surface area contributed by atoms with E-state index in [1.165, 1.54) is 0 Å². The molecule has 0 aromatic carbocycles. The topological polar surface area (TPSA) is 35.0 Å². The van der Waals surface area contributed by atoms with Crippen molar-refractivity contribution in [2.75, 3.05) is 7.11 Å². The first-order valence-electron chi connectivity index (χ1n) is 4.83. The van der Waals surface area contributed by atoms with Crippen LogP contribution in [-0.4, -0.2) is 17.1 Å². The molecular weight excluding hydrogens is 326 g/mol. The summed E-state index contributed by atoms with van der Waals surface area (Å²) in [6, 6.07) is 0. The summed E-state index contributed by atoms with van der Waals surface area (Å²) in [5.41, 5.74) is -0.409. The van der Waals surface area contributed by atoms with E-state index >= 15 is 0 Å². The zero-order valence-electron chi connectivity index (χ0n) is 9.05. The summed E-state index contributed by atoms with van der Waals surface area (Å²) in [6.45, 7) is 4.12. The van der Waals surface area contributed by atoms with E-state index in [9.17, 15) is 0 Å². The van der Waals surface area contributed by atoms with Crippen LogP contribution in [0, 0.1) is 3.57 Å². The van der Waals surface area contributed by atoms with Crippen LogP contribution in [0.1, 0.15) is 32.5 Å². The van der Waals surface area contributed by atoms with Gasteiger partial charge < -0.3 is 4.74 Å². The molecule has 0 unspecified atom stereocenters. The van der Waals surface area contributed by atoms with Crippen LogP contribution < -0.4 is 0 Å². The van der Waals surface area contributed by atoms with Crippen molar-refractivity contribution in [3.8, 4) is 0 Å². The van der Waals surface area contributed by atoms with E-state index in [4.69, 9.17) is 16.3 Å². The fourth-order valence-corrected chi connectivity index (χ4v) is 1.90. The normalized spacial score (nSPS) is 11.8. The summed E-state index contributed by atoms with van der Waals surface area (Å²) in [5.74, 6) is 0.667. The molecule has 0 fully saturated rings. The maximum absolute atomic E-state index is 5.98. The highest BCUT2D eigenvalue weighted by atomic mass is 127. The van der Waals surface area contributed by atoms with Crippen LogP contribution in [0.2, 0.25) is 5.15 Å². The van der Waals surface area contributed by atoms with Gasteiger partial charge in [-0.2, -0.15) is 0 Å². The van der Waals surface area contributed by atoms with Crippen molar-refractivity contribution in [3.05, 3.63) is 20.7 Å². The SMILES string of the molecule is CCC(CC)(OC)c1ncc(I)c(Cl)n1. The molecule has 1 aromatic rings. The minimum Gasteiger partial charge on any atom is -0.370 e. The van der Waals surface area contributed by atoms with Crippen molar-refractivity contribution in [3.63, 3.8) is 0 Å². The molecule has 0 aliphatic rings. The highest BCUT2D eigenvalue weighted by molar-refractivity contribution is 14.1. The Labute approximate surface area is 109 Å². The second-order valence-corrected chi connectivity index (χ2v) is 4.76. The van der Waals surface area contributed by atoms with Crippen molar-refractivity contribution in [2.24, 2.45) is 0 Å². The lowest BCUT2D eigenvalue weighted by atomic mass is 9.96. The Morgan fingerprint density at radius 3 is 2.47 bits per heavy atom. The lowest BCUT2D eigenvalue weighted by Crippen LogP contribution is -2.29. The first kappa shape index (κ1) is 13.1. The minimum atomic E-state index is -0.409. The van der Waals surface area contributed by atoms with Gasteiger partial charge >= 0.3 is 0 Å². The molecule has 1 rings (SSSR count).